The molecule has 2 amide bonds. The Labute approximate surface area is 125 Å². The summed E-state index contributed by atoms with van der Waals surface area (Å²) in [5.41, 5.74) is 0.677. The molecule has 1 aromatic rings. The Morgan fingerprint density at radius 2 is 2.05 bits per heavy atom. The Balaban J connectivity index is 1.82. The molecule has 0 atom stereocenters. The summed E-state index contributed by atoms with van der Waals surface area (Å²) in [5.74, 6) is 0.729. The second kappa shape index (κ2) is 7.50. The quantitative estimate of drug-likeness (QED) is 0.896. The lowest BCUT2D eigenvalue weighted by Gasteiger charge is -2.32. The van der Waals surface area contributed by atoms with E-state index in [4.69, 9.17) is 11.6 Å². The fourth-order valence-electron chi connectivity index (χ4n) is 2.53. The molecule has 1 saturated heterocycles. The Kier molecular flexibility index (Phi) is 5.68. The van der Waals surface area contributed by atoms with Gasteiger partial charge in [-0.15, -0.1) is 0 Å². The first-order chi connectivity index (χ1) is 9.70. The summed E-state index contributed by atoms with van der Waals surface area (Å²) in [6.07, 6.45) is 3.35. The number of carbonyl (C=O) groups excluding carboxylic acids is 1. The van der Waals surface area contributed by atoms with Crippen LogP contribution < -0.4 is 10.6 Å². The van der Waals surface area contributed by atoms with Crippen LogP contribution in [0.3, 0.4) is 0 Å². The second-order valence-electron chi connectivity index (χ2n) is 5.23. The lowest BCUT2D eigenvalue weighted by Crippen LogP contribution is -2.41. The third kappa shape index (κ3) is 4.12. The van der Waals surface area contributed by atoms with Crippen molar-refractivity contribution in [3.05, 3.63) is 29.3 Å². The van der Waals surface area contributed by atoms with Gasteiger partial charge in [-0.05, 0) is 50.9 Å². The minimum atomic E-state index is -0.0508. The topological polar surface area (TPSA) is 44.4 Å². The number of para-hydroxylation sites is 1. The van der Waals surface area contributed by atoms with Gasteiger partial charge in [-0.3, -0.25) is 0 Å². The van der Waals surface area contributed by atoms with Crippen molar-refractivity contribution in [1.29, 1.82) is 0 Å². The zero-order chi connectivity index (χ0) is 14.4. The average molecular weight is 296 g/mol. The van der Waals surface area contributed by atoms with Gasteiger partial charge in [-0.2, -0.15) is 0 Å². The van der Waals surface area contributed by atoms with Gasteiger partial charge in [0.1, 0.15) is 0 Å². The van der Waals surface area contributed by atoms with Crippen LogP contribution in [0.25, 0.3) is 0 Å². The van der Waals surface area contributed by atoms with E-state index in [9.17, 15) is 4.79 Å². The van der Waals surface area contributed by atoms with E-state index in [2.05, 4.69) is 10.6 Å². The largest absolute Gasteiger partial charge is 0.325 e. The van der Waals surface area contributed by atoms with Gasteiger partial charge in [0.25, 0.3) is 0 Å². The number of amides is 2. The Bertz CT molecular complexity index is 444. The van der Waals surface area contributed by atoms with E-state index in [0.717, 1.165) is 38.4 Å². The zero-order valence-electron chi connectivity index (χ0n) is 11.9. The van der Waals surface area contributed by atoms with Crippen molar-refractivity contribution in [2.75, 3.05) is 32.0 Å². The Morgan fingerprint density at radius 1 is 1.35 bits per heavy atom. The summed E-state index contributed by atoms with van der Waals surface area (Å²) >= 11 is 6.05. The van der Waals surface area contributed by atoms with Crippen molar-refractivity contribution in [3.8, 4) is 0 Å². The molecule has 2 rings (SSSR count). The lowest BCUT2D eigenvalue weighted by atomic mass is 9.94. The first-order valence-corrected chi connectivity index (χ1v) is 7.53. The van der Waals surface area contributed by atoms with Crippen molar-refractivity contribution >= 4 is 23.3 Å². The van der Waals surface area contributed by atoms with E-state index in [1.807, 2.05) is 30.1 Å². The van der Waals surface area contributed by atoms with Crippen LogP contribution >= 0.6 is 11.6 Å². The van der Waals surface area contributed by atoms with Crippen LogP contribution in [0.1, 0.15) is 19.3 Å². The summed E-state index contributed by atoms with van der Waals surface area (Å²) in [7, 11) is 1.98. The predicted molar refractivity (Wildman–Crippen MR) is 83.3 cm³/mol. The minimum Gasteiger partial charge on any atom is -0.325 e. The van der Waals surface area contributed by atoms with Crippen molar-refractivity contribution in [2.24, 2.45) is 5.92 Å². The van der Waals surface area contributed by atoms with E-state index in [-0.39, 0.29) is 6.03 Å². The van der Waals surface area contributed by atoms with Crippen molar-refractivity contribution in [2.45, 2.75) is 19.3 Å². The maximum atomic E-state index is 12.2. The zero-order valence-corrected chi connectivity index (χ0v) is 12.6. The molecule has 0 saturated carbocycles. The summed E-state index contributed by atoms with van der Waals surface area (Å²) in [6.45, 7) is 2.70. The van der Waals surface area contributed by atoms with Crippen LogP contribution in [0.4, 0.5) is 10.5 Å². The SMILES string of the molecule is CNCCC1CCN(C(=O)Nc2ccccc2Cl)CC1. The van der Waals surface area contributed by atoms with Crippen LogP contribution in [-0.2, 0) is 0 Å². The van der Waals surface area contributed by atoms with Gasteiger partial charge in [0.15, 0.2) is 0 Å². The van der Waals surface area contributed by atoms with Crippen LogP contribution in [0.2, 0.25) is 5.02 Å². The normalized spacial score (nSPS) is 16.2. The van der Waals surface area contributed by atoms with Gasteiger partial charge < -0.3 is 15.5 Å². The van der Waals surface area contributed by atoms with E-state index >= 15 is 0 Å². The molecule has 0 radical (unpaired) electrons. The first-order valence-electron chi connectivity index (χ1n) is 7.15. The van der Waals surface area contributed by atoms with Gasteiger partial charge in [0.2, 0.25) is 0 Å². The van der Waals surface area contributed by atoms with Crippen LogP contribution in [0.15, 0.2) is 24.3 Å². The fraction of sp³-hybridized carbons (Fsp3) is 0.533. The highest BCUT2D eigenvalue weighted by molar-refractivity contribution is 6.33. The monoisotopic (exact) mass is 295 g/mol. The number of hydrogen-bond acceptors (Lipinski definition) is 2. The Hall–Kier alpha value is -1.26. The van der Waals surface area contributed by atoms with Gasteiger partial charge in [-0.1, -0.05) is 23.7 Å². The number of nitrogens with one attached hydrogen (secondary N) is 2. The number of benzene rings is 1. The summed E-state index contributed by atoms with van der Waals surface area (Å²) in [5, 5.41) is 6.63. The van der Waals surface area contributed by atoms with Gasteiger partial charge in [0, 0.05) is 13.1 Å². The number of urea groups is 1. The third-order valence-corrected chi connectivity index (χ3v) is 4.15. The number of piperidine rings is 1. The maximum Gasteiger partial charge on any atom is 0.321 e. The molecule has 5 heteroatoms. The first kappa shape index (κ1) is 15.1. The highest BCUT2D eigenvalue weighted by Crippen LogP contribution is 2.23. The summed E-state index contributed by atoms with van der Waals surface area (Å²) in [6, 6.07) is 7.27. The molecule has 1 aromatic carbocycles. The molecule has 0 aromatic heterocycles. The van der Waals surface area contributed by atoms with E-state index in [1.165, 1.54) is 6.42 Å². The molecular formula is C15H22ClN3O. The summed E-state index contributed by atoms with van der Waals surface area (Å²) < 4.78 is 0. The van der Waals surface area contributed by atoms with Gasteiger partial charge in [-0.25, -0.2) is 4.79 Å². The molecule has 0 unspecified atom stereocenters. The highest BCUT2D eigenvalue weighted by atomic mass is 35.5. The van der Waals surface area contributed by atoms with E-state index < -0.39 is 0 Å². The Morgan fingerprint density at radius 3 is 2.70 bits per heavy atom. The number of hydrogen-bond donors (Lipinski definition) is 2. The highest BCUT2D eigenvalue weighted by Gasteiger charge is 2.22. The fourth-order valence-corrected chi connectivity index (χ4v) is 2.71. The van der Waals surface area contributed by atoms with Crippen LogP contribution in [0.5, 0.6) is 0 Å². The molecule has 1 aliphatic heterocycles. The molecular weight excluding hydrogens is 274 g/mol. The second-order valence-corrected chi connectivity index (χ2v) is 5.64. The molecule has 4 nitrogen and oxygen atoms in total. The molecule has 0 aliphatic carbocycles. The third-order valence-electron chi connectivity index (χ3n) is 3.82. The van der Waals surface area contributed by atoms with Crippen molar-refractivity contribution in [1.82, 2.24) is 10.2 Å². The van der Waals surface area contributed by atoms with E-state index in [0.29, 0.717) is 10.7 Å². The molecule has 110 valence electrons. The number of carbonyl (C=O) groups is 1. The molecule has 2 N–H and O–H groups in total. The van der Waals surface area contributed by atoms with Crippen LogP contribution in [0, 0.1) is 5.92 Å². The lowest BCUT2D eigenvalue weighted by molar-refractivity contribution is 0.180. The number of likely N-dealkylation sites (tertiary alicyclic amines) is 1. The number of nitrogens with zero attached hydrogens (tertiary/aromatic N) is 1. The van der Waals surface area contributed by atoms with Gasteiger partial charge >= 0.3 is 6.03 Å². The molecule has 0 spiro atoms. The maximum absolute atomic E-state index is 12.2. The summed E-state index contributed by atoms with van der Waals surface area (Å²) in [4.78, 5) is 14.1. The van der Waals surface area contributed by atoms with Crippen molar-refractivity contribution < 1.29 is 4.79 Å². The smallest absolute Gasteiger partial charge is 0.321 e. The molecule has 0 bridgehead atoms. The van der Waals surface area contributed by atoms with Gasteiger partial charge in [0.05, 0.1) is 10.7 Å². The number of halogens is 1. The molecule has 1 aliphatic rings. The predicted octanol–water partition coefficient (Wildman–Crippen LogP) is 3.19. The van der Waals surface area contributed by atoms with Crippen LogP contribution in [-0.4, -0.2) is 37.6 Å². The molecule has 1 heterocycles. The molecule has 1 fully saturated rings. The standard InChI is InChI=1S/C15H22ClN3O/c1-17-9-6-12-7-10-19(11-8-12)15(20)18-14-5-3-2-4-13(14)16/h2-5,12,17H,6-11H2,1H3,(H,18,20). The average Bonchev–Trinajstić information content (AvgIpc) is 2.48. The van der Waals surface area contributed by atoms with Crippen molar-refractivity contribution in [3.63, 3.8) is 0 Å². The molecule has 20 heavy (non-hydrogen) atoms. The van der Waals surface area contributed by atoms with E-state index in [1.54, 1.807) is 6.07 Å². The minimum absolute atomic E-state index is 0.0508. The number of anilines is 1. The number of rotatable bonds is 4.